The van der Waals surface area contributed by atoms with Crippen molar-refractivity contribution in [2.45, 2.75) is 19.3 Å². The van der Waals surface area contributed by atoms with E-state index in [0.717, 1.165) is 61.1 Å². The normalized spacial score (nSPS) is 12.7. The Morgan fingerprint density at radius 3 is 1.63 bits per heavy atom. The Balaban J connectivity index is 1.06. The maximum absolute atomic E-state index is 5.35. The molecular formula is C54H39N5. The minimum absolute atomic E-state index is 0.153. The highest BCUT2D eigenvalue weighted by Gasteiger charge is 2.37. The van der Waals surface area contributed by atoms with Crippen LogP contribution in [0.3, 0.4) is 0 Å². The van der Waals surface area contributed by atoms with Crippen LogP contribution in [0, 0.1) is 0 Å². The molecule has 280 valence electrons. The monoisotopic (exact) mass is 757 g/mol. The summed E-state index contributed by atoms with van der Waals surface area (Å²) in [7, 11) is 0. The third-order valence-corrected chi connectivity index (χ3v) is 11.9. The number of fused-ring (bicyclic) bond motifs is 6. The van der Waals surface area contributed by atoms with Crippen LogP contribution in [0.25, 0.3) is 72.8 Å². The second-order valence-corrected chi connectivity index (χ2v) is 15.7. The molecule has 0 saturated heterocycles. The van der Waals surface area contributed by atoms with E-state index in [1.165, 1.54) is 22.3 Å². The molecule has 11 rings (SSSR count). The molecule has 0 radical (unpaired) electrons. The third kappa shape index (κ3) is 5.73. The summed E-state index contributed by atoms with van der Waals surface area (Å²) in [5.74, 6) is 1.86. The molecule has 0 amide bonds. The minimum Gasteiger partial charge on any atom is -0.310 e. The zero-order valence-electron chi connectivity index (χ0n) is 32.8. The molecule has 2 aromatic heterocycles. The summed E-state index contributed by atoms with van der Waals surface area (Å²) in [5.41, 5.74) is 14.4. The molecule has 0 N–H and O–H groups in total. The van der Waals surface area contributed by atoms with Crippen LogP contribution in [-0.4, -0.2) is 19.5 Å². The number of para-hydroxylation sites is 4. The maximum atomic E-state index is 5.35. The van der Waals surface area contributed by atoms with E-state index in [-0.39, 0.29) is 5.41 Å². The zero-order chi connectivity index (χ0) is 39.5. The second-order valence-electron chi connectivity index (χ2n) is 15.7. The smallest absolute Gasteiger partial charge is 0.238 e. The lowest BCUT2D eigenvalue weighted by Gasteiger charge is -2.25. The van der Waals surface area contributed by atoms with Crippen LogP contribution in [0.1, 0.15) is 25.0 Å². The Morgan fingerprint density at radius 2 is 0.932 bits per heavy atom. The van der Waals surface area contributed by atoms with Crippen molar-refractivity contribution >= 4 is 38.9 Å². The predicted octanol–water partition coefficient (Wildman–Crippen LogP) is 13.7. The molecule has 0 saturated carbocycles. The number of hydrogen-bond donors (Lipinski definition) is 0. The minimum atomic E-state index is -0.153. The first kappa shape index (κ1) is 34.6. The lowest BCUT2D eigenvalue weighted by atomic mass is 9.82. The van der Waals surface area contributed by atoms with Gasteiger partial charge < -0.3 is 4.90 Å². The van der Waals surface area contributed by atoms with E-state index in [9.17, 15) is 0 Å². The van der Waals surface area contributed by atoms with Crippen molar-refractivity contribution in [1.82, 2.24) is 19.5 Å². The molecular weight excluding hydrogens is 719 g/mol. The largest absolute Gasteiger partial charge is 0.310 e. The standard InChI is InChI=1S/C54H39N5/c1-54(2)46-27-12-9-25-44(46)50-45(26-16-28-47(50)54)52-55-51(56-53(57-52)59-48-29-13-10-23-42(48)43-24-11-14-30-49(43)59)37-33-31-36(32-34-37)38-17-15-22-41(35-38)58(39-18-5-3-6-19-39)40-20-7-4-8-21-40/h3-35H,1-2H3. The van der Waals surface area contributed by atoms with Crippen molar-refractivity contribution in [3.8, 4) is 51.0 Å². The summed E-state index contributed by atoms with van der Waals surface area (Å²) in [4.78, 5) is 18.2. The SMILES string of the molecule is CC1(C)c2ccccc2-c2c(-c3nc(-c4ccc(-c5cccc(N(c6ccccc6)c6ccccc6)c5)cc4)nc(-n4c5ccccc5c5ccccc54)n3)cccc21. The van der Waals surface area contributed by atoms with E-state index in [1.807, 2.05) is 0 Å². The van der Waals surface area contributed by atoms with Gasteiger partial charge >= 0.3 is 0 Å². The van der Waals surface area contributed by atoms with Crippen molar-refractivity contribution < 1.29 is 0 Å². The number of rotatable bonds is 7. The van der Waals surface area contributed by atoms with Crippen LogP contribution in [-0.2, 0) is 5.41 Å². The maximum Gasteiger partial charge on any atom is 0.238 e. The van der Waals surface area contributed by atoms with E-state index < -0.39 is 0 Å². The van der Waals surface area contributed by atoms with Gasteiger partial charge in [0.1, 0.15) is 0 Å². The topological polar surface area (TPSA) is 46.8 Å². The van der Waals surface area contributed by atoms with E-state index in [2.05, 4.69) is 224 Å². The number of aromatic nitrogens is 4. The van der Waals surface area contributed by atoms with E-state index in [1.54, 1.807) is 0 Å². The highest BCUT2D eigenvalue weighted by molar-refractivity contribution is 6.09. The quantitative estimate of drug-likeness (QED) is 0.162. The molecule has 8 aromatic carbocycles. The van der Waals surface area contributed by atoms with Crippen molar-refractivity contribution in [3.05, 3.63) is 211 Å². The zero-order valence-corrected chi connectivity index (χ0v) is 32.8. The van der Waals surface area contributed by atoms with Crippen LogP contribution in [0.4, 0.5) is 17.1 Å². The van der Waals surface area contributed by atoms with Crippen molar-refractivity contribution in [1.29, 1.82) is 0 Å². The first-order valence-corrected chi connectivity index (χ1v) is 20.1. The summed E-state index contributed by atoms with van der Waals surface area (Å²) < 4.78 is 2.19. The lowest BCUT2D eigenvalue weighted by Crippen LogP contribution is -2.14. The van der Waals surface area contributed by atoms with Crippen molar-refractivity contribution in [2.24, 2.45) is 0 Å². The summed E-state index contributed by atoms with van der Waals surface area (Å²) in [5, 5.41) is 2.32. The van der Waals surface area contributed by atoms with Gasteiger partial charge in [0.25, 0.3) is 0 Å². The van der Waals surface area contributed by atoms with Gasteiger partial charge in [-0.3, -0.25) is 4.57 Å². The Morgan fingerprint density at radius 1 is 0.407 bits per heavy atom. The summed E-state index contributed by atoms with van der Waals surface area (Å²) in [6.45, 7) is 4.61. The third-order valence-electron chi connectivity index (χ3n) is 11.9. The first-order chi connectivity index (χ1) is 29.0. The van der Waals surface area contributed by atoms with Crippen LogP contribution in [0.5, 0.6) is 0 Å². The van der Waals surface area contributed by atoms with Gasteiger partial charge in [-0.25, -0.2) is 4.98 Å². The molecule has 0 unspecified atom stereocenters. The highest BCUT2D eigenvalue weighted by atomic mass is 15.2. The Hall–Kier alpha value is -7.63. The summed E-state index contributed by atoms with van der Waals surface area (Å²) in [6, 6.07) is 70.7. The fraction of sp³-hybridized carbons (Fsp3) is 0.0556. The van der Waals surface area contributed by atoms with Crippen molar-refractivity contribution in [3.63, 3.8) is 0 Å². The fourth-order valence-electron chi connectivity index (χ4n) is 9.03. The summed E-state index contributed by atoms with van der Waals surface area (Å²) in [6.07, 6.45) is 0. The molecule has 1 aliphatic rings. The van der Waals surface area contributed by atoms with Crippen LogP contribution in [0.15, 0.2) is 200 Å². The molecule has 0 bridgehead atoms. The second kappa shape index (κ2) is 13.8. The van der Waals surface area contributed by atoms with Gasteiger partial charge in [0, 0.05) is 44.4 Å². The molecule has 59 heavy (non-hydrogen) atoms. The van der Waals surface area contributed by atoms with Crippen LogP contribution >= 0.6 is 0 Å². The fourth-order valence-corrected chi connectivity index (χ4v) is 9.03. The van der Waals surface area contributed by atoms with Gasteiger partial charge in [0.2, 0.25) is 5.95 Å². The first-order valence-electron chi connectivity index (χ1n) is 20.1. The average molecular weight is 758 g/mol. The van der Waals surface area contributed by atoms with Crippen LogP contribution < -0.4 is 4.90 Å². The molecule has 0 atom stereocenters. The Labute approximate surface area is 343 Å². The number of hydrogen-bond acceptors (Lipinski definition) is 4. The van der Waals surface area contributed by atoms with Crippen LogP contribution in [0.2, 0.25) is 0 Å². The van der Waals surface area contributed by atoms with Gasteiger partial charge in [-0.2, -0.15) is 9.97 Å². The van der Waals surface area contributed by atoms with Gasteiger partial charge in [0.15, 0.2) is 11.6 Å². The molecule has 5 heteroatoms. The molecule has 0 spiro atoms. The van der Waals surface area contributed by atoms with E-state index in [0.29, 0.717) is 17.6 Å². The molecule has 0 aliphatic heterocycles. The molecule has 2 heterocycles. The predicted molar refractivity (Wildman–Crippen MR) is 243 cm³/mol. The molecule has 5 nitrogen and oxygen atoms in total. The van der Waals surface area contributed by atoms with E-state index >= 15 is 0 Å². The Bertz CT molecular complexity index is 3090. The number of nitrogens with zero attached hydrogens (tertiary/aromatic N) is 5. The molecule has 10 aromatic rings. The summed E-state index contributed by atoms with van der Waals surface area (Å²) >= 11 is 0. The molecule has 0 fully saturated rings. The number of anilines is 3. The highest BCUT2D eigenvalue weighted by Crippen LogP contribution is 2.51. The lowest BCUT2D eigenvalue weighted by molar-refractivity contribution is 0.660. The average Bonchev–Trinajstić information content (AvgIpc) is 3.76. The number of benzene rings is 8. The Kier molecular flexibility index (Phi) is 8.09. The molecule has 1 aliphatic carbocycles. The van der Waals surface area contributed by atoms with Gasteiger partial charge in [0.05, 0.1) is 11.0 Å². The van der Waals surface area contributed by atoms with Gasteiger partial charge in [-0.05, 0) is 81.9 Å². The van der Waals surface area contributed by atoms with Gasteiger partial charge in [-0.1, -0.05) is 166 Å². The van der Waals surface area contributed by atoms with Gasteiger partial charge in [-0.15, -0.1) is 0 Å². The van der Waals surface area contributed by atoms with E-state index in [4.69, 9.17) is 15.0 Å². The van der Waals surface area contributed by atoms with Crippen molar-refractivity contribution in [2.75, 3.05) is 4.90 Å².